The van der Waals surface area contributed by atoms with Gasteiger partial charge in [0, 0.05) is 17.6 Å². The summed E-state index contributed by atoms with van der Waals surface area (Å²) in [6.07, 6.45) is 3.49. The lowest BCUT2D eigenvalue weighted by Gasteiger charge is -2.31. The molecule has 1 saturated carbocycles. The van der Waals surface area contributed by atoms with Gasteiger partial charge in [0.1, 0.15) is 0 Å². The van der Waals surface area contributed by atoms with Crippen LogP contribution >= 0.6 is 0 Å². The minimum absolute atomic E-state index is 0.164. The topological polar surface area (TPSA) is 12.0 Å². The van der Waals surface area contributed by atoms with Crippen LogP contribution in [-0.4, -0.2) is 6.04 Å². The fraction of sp³-hybridized carbons (Fsp3) is 0.600. The van der Waals surface area contributed by atoms with Gasteiger partial charge in [-0.05, 0) is 31.2 Å². The third-order valence-electron chi connectivity index (χ3n) is 4.16. The van der Waals surface area contributed by atoms with Crippen molar-refractivity contribution in [3.05, 3.63) is 35.4 Å². The molecule has 1 fully saturated rings. The van der Waals surface area contributed by atoms with Gasteiger partial charge in [-0.25, -0.2) is 8.78 Å². The second kappa shape index (κ2) is 4.96. The van der Waals surface area contributed by atoms with Crippen LogP contribution in [0.4, 0.5) is 8.78 Å². The van der Waals surface area contributed by atoms with E-state index in [9.17, 15) is 8.78 Å². The Kier molecular flexibility index (Phi) is 3.71. The van der Waals surface area contributed by atoms with E-state index in [1.165, 1.54) is 12.8 Å². The van der Waals surface area contributed by atoms with Crippen LogP contribution in [0.1, 0.15) is 51.6 Å². The molecule has 3 heteroatoms. The number of benzene rings is 1. The van der Waals surface area contributed by atoms with Crippen molar-refractivity contribution in [2.75, 3.05) is 0 Å². The Balaban J connectivity index is 2.12. The molecule has 2 rings (SSSR count). The first-order valence-electron chi connectivity index (χ1n) is 6.62. The van der Waals surface area contributed by atoms with Crippen LogP contribution in [-0.2, 0) is 0 Å². The molecular weight excluding hydrogens is 232 g/mol. The molecular formula is C15H21F2N. The molecule has 100 valence electrons. The van der Waals surface area contributed by atoms with Crippen molar-refractivity contribution in [1.29, 1.82) is 0 Å². The van der Waals surface area contributed by atoms with Gasteiger partial charge in [0.15, 0.2) is 11.6 Å². The lowest BCUT2D eigenvalue weighted by molar-refractivity contribution is 0.264. The third kappa shape index (κ3) is 2.56. The summed E-state index contributed by atoms with van der Waals surface area (Å²) in [5.41, 5.74) is 0.649. The molecule has 1 N–H and O–H groups in total. The zero-order chi connectivity index (χ0) is 13.3. The Bertz CT molecular complexity index is 429. The monoisotopic (exact) mass is 253 g/mol. The lowest BCUT2D eigenvalue weighted by Crippen LogP contribution is -2.39. The molecule has 0 spiro atoms. The van der Waals surface area contributed by atoms with Gasteiger partial charge in [0.25, 0.3) is 0 Å². The van der Waals surface area contributed by atoms with Gasteiger partial charge in [-0.1, -0.05) is 32.4 Å². The molecule has 0 saturated heterocycles. The number of rotatable bonds is 3. The number of hydrogen-bond acceptors (Lipinski definition) is 1. The standard InChI is InChI=1S/C15H21F2N/c1-10(11-6-4-7-12(16)14(11)17)18-13-8-5-9-15(13,2)3/h4,6-7,10,13,18H,5,8-9H2,1-3H3. The molecule has 0 aliphatic heterocycles. The van der Waals surface area contributed by atoms with Crippen molar-refractivity contribution < 1.29 is 8.78 Å². The van der Waals surface area contributed by atoms with E-state index in [4.69, 9.17) is 0 Å². The molecule has 1 nitrogen and oxygen atoms in total. The van der Waals surface area contributed by atoms with Gasteiger partial charge in [0.2, 0.25) is 0 Å². The molecule has 1 aromatic rings. The highest BCUT2D eigenvalue weighted by Gasteiger charge is 2.35. The summed E-state index contributed by atoms with van der Waals surface area (Å²) in [4.78, 5) is 0. The summed E-state index contributed by atoms with van der Waals surface area (Å²) in [6.45, 7) is 6.35. The Morgan fingerprint density at radius 2 is 2.06 bits per heavy atom. The zero-order valence-electron chi connectivity index (χ0n) is 11.3. The fourth-order valence-electron chi connectivity index (χ4n) is 2.88. The Labute approximate surface area is 108 Å². The Morgan fingerprint density at radius 3 is 2.67 bits per heavy atom. The van der Waals surface area contributed by atoms with Crippen LogP contribution in [0.3, 0.4) is 0 Å². The van der Waals surface area contributed by atoms with E-state index in [1.807, 2.05) is 6.92 Å². The van der Waals surface area contributed by atoms with Gasteiger partial charge in [-0.15, -0.1) is 0 Å². The quantitative estimate of drug-likeness (QED) is 0.851. The highest BCUT2D eigenvalue weighted by Crippen LogP contribution is 2.38. The molecule has 18 heavy (non-hydrogen) atoms. The number of hydrogen-bond donors (Lipinski definition) is 1. The number of nitrogens with one attached hydrogen (secondary N) is 1. The second-order valence-corrected chi connectivity index (χ2v) is 5.96. The van der Waals surface area contributed by atoms with Gasteiger partial charge >= 0.3 is 0 Å². The van der Waals surface area contributed by atoms with Crippen molar-refractivity contribution in [3.63, 3.8) is 0 Å². The summed E-state index contributed by atoms with van der Waals surface area (Å²) >= 11 is 0. The largest absolute Gasteiger partial charge is 0.307 e. The van der Waals surface area contributed by atoms with Crippen molar-refractivity contribution >= 4 is 0 Å². The fourth-order valence-corrected chi connectivity index (χ4v) is 2.88. The average molecular weight is 253 g/mol. The third-order valence-corrected chi connectivity index (χ3v) is 4.16. The van der Waals surface area contributed by atoms with Crippen molar-refractivity contribution in [3.8, 4) is 0 Å². The van der Waals surface area contributed by atoms with Crippen LogP contribution in [0.2, 0.25) is 0 Å². The molecule has 2 atom stereocenters. The second-order valence-electron chi connectivity index (χ2n) is 5.96. The van der Waals surface area contributed by atoms with Gasteiger partial charge in [0.05, 0.1) is 0 Å². The first kappa shape index (κ1) is 13.5. The Hall–Kier alpha value is -0.960. The van der Waals surface area contributed by atoms with E-state index in [0.717, 1.165) is 12.5 Å². The molecule has 1 aromatic carbocycles. The molecule has 2 unspecified atom stereocenters. The van der Waals surface area contributed by atoms with Gasteiger partial charge in [-0.3, -0.25) is 0 Å². The minimum Gasteiger partial charge on any atom is -0.307 e. The van der Waals surface area contributed by atoms with E-state index >= 15 is 0 Å². The lowest BCUT2D eigenvalue weighted by atomic mass is 9.86. The molecule has 0 heterocycles. The van der Waals surface area contributed by atoms with Crippen molar-refractivity contribution in [1.82, 2.24) is 5.32 Å². The first-order chi connectivity index (χ1) is 8.42. The Morgan fingerprint density at radius 1 is 1.33 bits per heavy atom. The van der Waals surface area contributed by atoms with E-state index in [0.29, 0.717) is 11.6 Å². The first-order valence-corrected chi connectivity index (χ1v) is 6.62. The van der Waals surface area contributed by atoms with E-state index in [1.54, 1.807) is 12.1 Å². The maximum atomic E-state index is 13.7. The van der Waals surface area contributed by atoms with Crippen molar-refractivity contribution in [2.45, 2.75) is 52.1 Å². The molecule has 0 aromatic heterocycles. The normalized spacial score (nSPS) is 24.2. The van der Waals surface area contributed by atoms with E-state index < -0.39 is 11.6 Å². The summed E-state index contributed by atoms with van der Waals surface area (Å²) in [5.74, 6) is -1.50. The molecule has 1 aliphatic rings. The van der Waals surface area contributed by atoms with Crippen molar-refractivity contribution in [2.24, 2.45) is 5.41 Å². The summed E-state index contributed by atoms with van der Waals surface area (Å²) in [5, 5.41) is 3.45. The van der Waals surface area contributed by atoms with Gasteiger partial charge < -0.3 is 5.32 Å². The molecule has 0 amide bonds. The highest BCUT2D eigenvalue weighted by atomic mass is 19.2. The highest BCUT2D eigenvalue weighted by molar-refractivity contribution is 5.22. The predicted molar refractivity (Wildman–Crippen MR) is 69.3 cm³/mol. The van der Waals surface area contributed by atoms with Crippen LogP contribution in [0.25, 0.3) is 0 Å². The maximum absolute atomic E-state index is 13.7. The van der Waals surface area contributed by atoms with Crippen LogP contribution in [0.5, 0.6) is 0 Å². The van der Waals surface area contributed by atoms with Gasteiger partial charge in [-0.2, -0.15) is 0 Å². The summed E-state index contributed by atoms with van der Waals surface area (Å²) in [7, 11) is 0. The van der Waals surface area contributed by atoms with E-state index in [2.05, 4.69) is 19.2 Å². The predicted octanol–water partition coefficient (Wildman–Crippen LogP) is 4.19. The average Bonchev–Trinajstić information content (AvgIpc) is 2.62. The number of halogens is 2. The SMILES string of the molecule is CC(NC1CCCC1(C)C)c1cccc(F)c1F. The van der Waals surface area contributed by atoms with Crippen LogP contribution < -0.4 is 5.32 Å². The maximum Gasteiger partial charge on any atom is 0.163 e. The summed E-state index contributed by atoms with van der Waals surface area (Å²) < 4.78 is 26.9. The zero-order valence-corrected chi connectivity index (χ0v) is 11.3. The minimum atomic E-state index is -0.771. The molecule has 1 aliphatic carbocycles. The summed E-state index contributed by atoms with van der Waals surface area (Å²) in [6, 6.07) is 4.58. The van der Waals surface area contributed by atoms with Crippen LogP contribution in [0.15, 0.2) is 18.2 Å². The van der Waals surface area contributed by atoms with Crippen LogP contribution in [0, 0.1) is 17.0 Å². The smallest absolute Gasteiger partial charge is 0.163 e. The molecule has 0 radical (unpaired) electrons. The molecule has 0 bridgehead atoms. The van der Waals surface area contributed by atoms with E-state index in [-0.39, 0.29) is 11.5 Å².